The third-order valence-electron chi connectivity index (χ3n) is 5.56. The van der Waals surface area contributed by atoms with Crippen molar-refractivity contribution in [3.05, 3.63) is 22.5 Å². The van der Waals surface area contributed by atoms with Gasteiger partial charge in [0.25, 0.3) is 0 Å². The van der Waals surface area contributed by atoms with Crippen molar-refractivity contribution in [2.24, 2.45) is 11.3 Å². The van der Waals surface area contributed by atoms with E-state index in [-0.39, 0.29) is 5.75 Å². The summed E-state index contributed by atoms with van der Waals surface area (Å²) in [5, 5.41) is 10.2. The molecule has 0 radical (unpaired) electrons. The predicted octanol–water partition coefficient (Wildman–Crippen LogP) is 3.00. The van der Waals surface area contributed by atoms with Gasteiger partial charge in [0, 0.05) is 11.2 Å². The minimum atomic E-state index is -1.46. The molecule has 2 atom stereocenters. The number of aliphatic carboxylic acids is 1. The fraction of sp³-hybridized carbons (Fsp3) is 0.722. The highest BCUT2D eigenvalue weighted by atomic mass is 32.2. The molecule has 1 aromatic rings. The van der Waals surface area contributed by atoms with Crippen LogP contribution in [0.3, 0.4) is 0 Å². The van der Waals surface area contributed by atoms with Crippen LogP contribution in [-0.4, -0.2) is 31.3 Å². The Bertz CT molecular complexity index is 778. The van der Waals surface area contributed by atoms with E-state index >= 15 is 0 Å². The van der Waals surface area contributed by atoms with Gasteiger partial charge in [0.1, 0.15) is 6.23 Å². The molecule has 9 heteroatoms. The van der Waals surface area contributed by atoms with Crippen molar-refractivity contribution in [1.82, 2.24) is 9.55 Å². The monoisotopic (exact) mass is 399 g/mol. The van der Waals surface area contributed by atoms with Gasteiger partial charge in [-0.05, 0) is 25.2 Å². The number of anilines is 1. The fourth-order valence-electron chi connectivity index (χ4n) is 4.54. The van der Waals surface area contributed by atoms with Crippen LogP contribution in [0.5, 0.6) is 0 Å². The van der Waals surface area contributed by atoms with Crippen LogP contribution in [-0.2, 0) is 9.53 Å². The van der Waals surface area contributed by atoms with E-state index in [4.69, 9.17) is 10.5 Å². The van der Waals surface area contributed by atoms with Crippen molar-refractivity contribution < 1.29 is 19.0 Å². The van der Waals surface area contributed by atoms with Gasteiger partial charge in [-0.1, -0.05) is 33.1 Å². The SMILES string of the molecule is CC(C)CC1([C@@]2(C(=O)O)O[C@H](n3cc(F)c(N)nc3=O)CS2)CCCCC1. The third-order valence-corrected chi connectivity index (χ3v) is 7.13. The lowest BCUT2D eigenvalue weighted by molar-refractivity contribution is -0.183. The van der Waals surface area contributed by atoms with Gasteiger partial charge in [0.05, 0.1) is 6.20 Å². The van der Waals surface area contributed by atoms with Gasteiger partial charge in [-0.15, -0.1) is 11.8 Å². The normalized spacial score (nSPS) is 27.8. The van der Waals surface area contributed by atoms with Gasteiger partial charge in [-0.2, -0.15) is 4.98 Å². The van der Waals surface area contributed by atoms with E-state index in [0.29, 0.717) is 5.92 Å². The second kappa shape index (κ2) is 7.43. The number of aromatic nitrogens is 2. The molecule has 0 aromatic carbocycles. The highest BCUT2D eigenvalue weighted by molar-refractivity contribution is 8.01. The largest absolute Gasteiger partial charge is 0.478 e. The molecular weight excluding hydrogens is 373 g/mol. The Morgan fingerprint density at radius 1 is 1.48 bits per heavy atom. The molecule has 1 aromatic heterocycles. The Hall–Kier alpha value is -1.61. The molecule has 0 spiro atoms. The first kappa shape index (κ1) is 20.1. The van der Waals surface area contributed by atoms with Crippen molar-refractivity contribution in [3.8, 4) is 0 Å². The highest BCUT2D eigenvalue weighted by Gasteiger charge is 2.62. The molecule has 27 heavy (non-hydrogen) atoms. The summed E-state index contributed by atoms with van der Waals surface area (Å²) >= 11 is 1.20. The van der Waals surface area contributed by atoms with E-state index in [1.54, 1.807) is 0 Å². The number of carboxylic acid groups (broad SMARTS) is 1. The zero-order valence-electron chi connectivity index (χ0n) is 15.6. The van der Waals surface area contributed by atoms with Crippen LogP contribution in [0, 0.1) is 17.2 Å². The molecule has 150 valence electrons. The third kappa shape index (κ3) is 3.47. The number of nitrogen functional groups attached to an aromatic ring is 1. The number of hydrogen-bond donors (Lipinski definition) is 2. The standard InChI is InChI=1S/C18H26FN3O4S/c1-11(2)8-17(6-4-3-5-7-17)18(15(23)24)26-13(10-27-18)22-9-12(19)14(20)21-16(22)25/h9,11,13H,3-8,10H2,1-2H3,(H,23,24)(H2,20,21,25)/t13-,18-/m0/s1. The number of carbonyl (C=O) groups is 1. The number of ether oxygens (including phenoxy) is 1. The minimum Gasteiger partial charge on any atom is -0.478 e. The lowest BCUT2D eigenvalue weighted by Crippen LogP contribution is -2.53. The van der Waals surface area contributed by atoms with Crippen molar-refractivity contribution in [2.45, 2.75) is 63.5 Å². The van der Waals surface area contributed by atoms with Crippen LogP contribution in [0.15, 0.2) is 11.0 Å². The molecule has 2 heterocycles. The van der Waals surface area contributed by atoms with E-state index in [9.17, 15) is 19.1 Å². The maximum absolute atomic E-state index is 13.8. The Kier molecular flexibility index (Phi) is 5.54. The average Bonchev–Trinajstić information content (AvgIpc) is 3.05. The number of nitrogens with two attached hydrogens (primary N) is 1. The molecule has 3 rings (SSSR count). The second-order valence-electron chi connectivity index (χ2n) is 7.91. The molecule has 2 fully saturated rings. The number of halogens is 1. The molecule has 3 N–H and O–H groups in total. The molecule has 7 nitrogen and oxygen atoms in total. The van der Waals surface area contributed by atoms with Crippen LogP contribution in [0.2, 0.25) is 0 Å². The summed E-state index contributed by atoms with van der Waals surface area (Å²) in [5.74, 6) is -1.80. The number of thioether (sulfide) groups is 1. The zero-order chi connectivity index (χ0) is 19.8. The number of nitrogens with zero attached hydrogens (tertiary/aromatic N) is 2. The number of rotatable bonds is 5. The molecule has 0 bridgehead atoms. The second-order valence-corrected chi connectivity index (χ2v) is 9.11. The Morgan fingerprint density at radius 2 is 2.15 bits per heavy atom. The zero-order valence-corrected chi connectivity index (χ0v) is 16.4. The molecule has 2 aliphatic rings. The van der Waals surface area contributed by atoms with E-state index in [0.717, 1.165) is 49.3 Å². The Labute approximate surface area is 161 Å². The maximum atomic E-state index is 13.8. The van der Waals surface area contributed by atoms with Crippen LogP contribution in [0.4, 0.5) is 10.2 Å². The summed E-state index contributed by atoms with van der Waals surface area (Å²) in [6.45, 7) is 4.15. The smallest absolute Gasteiger partial charge is 0.351 e. The van der Waals surface area contributed by atoms with E-state index < -0.39 is 39.9 Å². The average molecular weight is 399 g/mol. The summed E-state index contributed by atoms with van der Waals surface area (Å²) < 4.78 is 20.9. The minimum absolute atomic E-state index is 0.233. The fourth-order valence-corrected chi connectivity index (χ4v) is 6.05. The van der Waals surface area contributed by atoms with Crippen molar-refractivity contribution in [1.29, 1.82) is 0 Å². The summed E-state index contributed by atoms with van der Waals surface area (Å²) in [6.07, 6.45) is 5.29. The van der Waals surface area contributed by atoms with E-state index in [2.05, 4.69) is 18.8 Å². The highest BCUT2D eigenvalue weighted by Crippen LogP contribution is 2.60. The molecular formula is C18H26FN3O4S. The summed E-state index contributed by atoms with van der Waals surface area (Å²) in [7, 11) is 0. The van der Waals surface area contributed by atoms with Crippen molar-refractivity contribution in [3.63, 3.8) is 0 Å². The molecule has 0 unspecified atom stereocenters. The van der Waals surface area contributed by atoms with Crippen molar-refractivity contribution >= 4 is 23.5 Å². The van der Waals surface area contributed by atoms with Gasteiger partial charge in [-0.25, -0.2) is 14.0 Å². The summed E-state index contributed by atoms with van der Waals surface area (Å²) in [4.78, 5) is 26.6. The predicted molar refractivity (Wildman–Crippen MR) is 101 cm³/mol. The van der Waals surface area contributed by atoms with Gasteiger partial charge in [0.2, 0.25) is 4.93 Å². The van der Waals surface area contributed by atoms with Gasteiger partial charge in [-0.3, -0.25) is 4.57 Å². The first-order chi connectivity index (χ1) is 12.7. The van der Waals surface area contributed by atoms with E-state index in [1.165, 1.54) is 11.8 Å². The Balaban J connectivity index is 2.00. The van der Waals surface area contributed by atoms with Gasteiger partial charge in [0.15, 0.2) is 11.6 Å². The van der Waals surface area contributed by atoms with Gasteiger partial charge >= 0.3 is 11.7 Å². The van der Waals surface area contributed by atoms with Crippen LogP contribution in [0.25, 0.3) is 0 Å². The molecule has 0 amide bonds. The van der Waals surface area contributed by atoms with Crippen molar-refractivity contribution in [2.75, 3.05) is 11.5 Å². The van der Waals surface area contributed by atoms with Crippen LogP contribution < -0.4 is 11.4 Å². The molecule has 1 aliphatic carbocycles. The topological polar surface area (TPSA) is 107 Å². The lowest BCUT2D eigenvalue weighted by atomic mass is 9.65. The van der Waals surface area contributed by atoms with Gasteiger partial charge < -0.3 is 15.6 Å². The number of carboxylic acids is 1. The molecule has 1 aliphatic heterocycles. The first-order valence-corrected chi connectivity index (χ1v) is 10.3. The van der Waals surface area contributed by atoms with E-state index in [1.807, 2.05) is 0 Å². The summed E-state index contributed by atoms with van der Waals surface area (Å²) in [6, 6.07) is 0. The molecule has 1 saturated heterocycles. The Morgan fingerprint density at radius 3 is 2.74 bits per heavy atom. The quantitative estimate of drug-likeness (QED) is 0.783. The van der Waals surface area contributed by atoms with Crippen LogP contribution in [0.1, 0.15) is 58.6 Å². The lowest BCUT2D eigenvalue weighted by Gasteiger charge is -2.48. The van der Waals surface area contributed by atoms with Crippen LogP contribution >= 0.6 is 11.8 Å². The number of hydrogen-bond acceptors (Lipinski definition) is 6. The molecule has 1 saturated carbocycles. The summed E-state index contributed by atoms with van der Waals surface area (Å²) in [5.41, 5.74) is 4.08. The first-order valence-electron chi connectivity index (χ1n) is 9.30. The maximum Gasteiger partial charge on any atom is 0.351 e.